The zero-order valence-corrected chi connectivity index (χ0v) is 20.5. The lowest BCUT2D eigenvalue weighted by Gasteiger charge is -2.36. The normalized spacial score (nSPS) is 19.8. The molecule has 0 bridgehead atoms. The first-order chi connectivity index (χ1) is 15.8. The minimum atomic E-state index is -3.61. The summed E-state index contributed by atoms with van der Waals surface area (Å²) < 4.78 is 27.6. The summed E-state index contributed by atoms with van der Waals surface area (Å²) in [7, 11) is -3.61. The number of hydrogen-bond acceptors (Lipinski definition) is 5. The van der Waals surface area contributed by atoms with Gasteiger partial charge in [0.2, 0.25) is 15.9 Å². The highest BCUT2D eigenvalue weighted by molar-refractivity contribution is 7.99. The molecular formula is C24H29N3O4S2. The molecule has 2 fully saturated rings. The van der Waals surface area contributed by atoms with Crippen molar-refractivity contribution in [1.82, 2.24) is 14.1 Å². The van der Waals surface area contributed by atoms with Gasteiger partial charge in [0.05, 0.1) is 10.8 Å². The van der Waals surface area contributed by atoms with Crippen LogP contribution in [0.3, 0.4) is 0 Å². The van der Waals surface area contributed by atoms with Gasteiger partial charge in [-0.1, -0.05) is 44.2 Å². The second-order valence-corrected chi connectivity index (χ2v) is 11.5. The first-order valence-corrected chi connectivity index (χ1v) is 13.7. The smallest absolute Gasteiger partial charge is 0.255 e. The third-order valence-electron chi connectivity index (χ3n) is 6.18. The Kier molecular flexibility index (Phi) is 7.11. The molecule has 0 radical (unpaired) electrons. The van der Waals surface area contributed by atoms with Crippen molar-refractivity contribution in [2.24, 2.45) is 0 Å². The van der Waals surface area contributed by atoms with Crippen molar-refractivity contribution >= 4 is 33.6 Å². The molecule has 2 aliphatic heterocycles. The Morgan fingerprint density at radius 1 is 0.939 bits per heavy atom. The molecule has 1 atom stereocenters. The summed E-state index contributed by atoms with van der Waals surface area (Å²) >= 11 is 1.56. The number of piperazine rings is 1. The van der Waals surface area contributed by atoms with Gasteiger partial charge in [-0.25, -0.2) is 8.42 Å². The van der Waals surface area contributed by atoms with Crippen LogP contribution in [-0.2, 0) is 14.8 Å². The number of rotatable bonds is 5. The van der Waals surface area contributed by atoms with Gasteiger partial charge in [0.15, 0.2) is 0 Å². The fraction of sp³-hybridized carbons (Fsp3) is 0.417. The Labute approximate surface area is 199 Å². The monoisotopic (exact) mass is 487 g/mol. The van der Waals surface area contributed by atoms with Gasteiger partial charge in [0.1, 0.15) is 6.04 Å². The number of nitrogens with zero attached hydrogens (tertiary/aromatic N) is 3. The molecule has 2 aromatic rings. The summed E-state index contributed by atoms with van der Waals surface area (Å²) in [4.78, 5) is 29.7. The summed E-state index contributed by atoms with van der Waals surface area (Å²) in [6.07, 6.45) is 0. The van der Waals surface area contributed by atoms with Crippen LogP contribution in [0, 0.1) is 0 Å². The van der Waals surface area contributed by atoms with Crippen LogP contribution in [0.4, 0.5) is 0 Å². The predicted octanol–water partition coefficient (Wildman–Crippen LogP) is 2.86. The Morgan fingerprint density at radius 3 is 2.18 bits per heavy atom. The minimum Gasteiger partial charge on any atom is -0.338 e. The quantitative estimate of drug-likeness (QED) is 0.648. The van der Waals surface area contributed by atoms with E-state index < -0.39 is 16.1 Å². The minimum absolute atomic E-state index is 0.109. The highest BCUT2D eigenvalue weighted by Crippen LogP contribution is 2.26. The van der Waals surface area contributed by atoms with Crippen LogP contribution < -0.4 is 0 Å². The van der Waals surface area contributed by atoms with Crippen LogP contribution in [0.25, 0.3) is 0 Å². The van der Waals surface area contributed by atoms with Crippen molar-refractivity contribution in [3.8, 4) is 0 Å². The van der Waals surface area contributed by atoms with E-state index in [-0.39, 0.29) is 29.8 Å². The maximum atomic E-state index is 13.2. The van der Waals surface area contributed by atoms with Gasteiger partial charge in [0, 0.05) is 37.5 Å². The molecule has 2 aliphatic rings. The SMILES string of the molecule is CC(C)c1ccc(S(=O)(=O)N2CCN(C(=O)[C@@H]3CSCN3C(=O)c3ccccc3)CC2)cc1. The van der Waals surface area contributed by atoms with Crippen molar-refractivity contribution in [2.75, 3.05) is 37.8 Å². The number of carbonyl (C=O) groups excluding carboxylic acids is 2. The van der Waals surface area contributed by atoms with Crippen LogP contribution in [0.5, 0.6) is 0 Å². The van der Waals surface area contributed by atoms with Crippen molar-refractivity contribution in [1.29, 1.82) is 0 Å². The molecule has 2 heterocycles. The molecule has 33 heavy (non-hydrogen) atoms. The Balaban J connectivity index is 1.40. The maximum Gasteiger partial charge on any atom is 0.255 e. The second kappa shape index (κ2) is 9.87. The average Bonchev–Trinajstić information content (AvgIpc) is 3.33. The van der Waals surface area contributed by atoms with Gasteiger partial charge in [-0.15, -0.1) is 11.8 Å². The standard InChI is InChI=1S/C24H29N3O4S2/c1-18(2)19-8-10-21(11-9-19)33(30,31)26-14-12-25(13-15-26)24(29)22-16-32-17-27(22)23(28)20-6-4-3-5-7-20/h3-11,18,22H,12-17H2,1-2H3/t22-/m0/s1. The van der Waals surface area contributed by atoms with E-state index in [1.54, 1.807) is 45.8 Å². The van der Waals surface area contributed by atoms with Crippen LogP contribution in [0.1, 0.15) is 35.7 Å². The highest BCUT2D eigenvalue weighted by Gasteiger charge is 2.39. The summed E-state index contributed by atoms with van der Waals surface area (Å²) in [5.41, 5.74) is 1.66. The molecule has 0 saturated carbocycles. The lowest BCUT2D eigenvalue weighted by Crippen LogP contribution is -2.55. The number of benzene rings is 2. The van der Waals surface area contributed by atoms with Gasteiger partial charge < -0.3 is 9.80 Å². The Bertz CT molecular complexity index is 1100. The van der Waals surface area contributed by atoms with Crippen LogP contribution in [0.15, 0.2) is 59.5 Å². The first-order valence-electron chi connectivity index (χ1n) is 11.1. The third kappa shape index (κ3) is 4.95. The molecule has 9 heteroatoms. The predicted molar refractivity (Wildman–Crippen MR) is 130 cm³/mol. The van der Waals surface area contributed by atoms with E-state index in [2.05, 4.69) is 13.8 Å². The Morgan fingerprint density at radius 2 is 1.58 bits per heavy atom. The first kappa shape index (κ1) is 23.8. The van der Waals surface area contributed by atoms with Crippen molar-refractivity contribution in [2.45, 2.75) is 30.7 Å². The van der Waals surface area contributed by atoms with Crippen molar-refractivity contribution in [3.63, 3.8) is 0 Å². The fourth-order valence-corrected chi connectivity index (χ4v) is 6.69. The van der Waals surface area contributed by atoms with Crippen LogP contribution >= 0.6 is 11.8 Å². The molecule has 0 aromatic heterocycles. The summed E-state index contributed by atoms with van der Waals surface area (Å²) in [5, 5.41) is 0. The fourth-order valence-electron chi connectivity index (χ4n) is 4.13. The van der Waals surface area contributed by atoms with Gasteiger partial charge in [-0.3, -0.25) is 9.59 Å². The molecule has 0 aliphatic carbocycles. The molecule has 2 aromatic carbocycles. The van der Waals surface area contributed by atoms with E-state index in [1.165, 1.54) is 4.31 Å². The van der Waals surface area contributed by atoms with E-state index in [1.807, 2.05) is 30.3 Å². The number of thioether (sulfide) groups is 1. The highest BCUT2D eigenvalue weighted by atomic mass is 32.2. The van der Waals surface area contributed by atoms with Crippen molar-refractivity contribution < 1.29 is 18.0 Å². The second-order valence-electron chi connectivity index (χ2n) is 8.61. The number of amides is 2. The third-order valence-corrected chi connectivity index (χ3v) is 9.11. The summed E-state index contributed by atoms with van der Waals surface area (Å²) in [6, 6.07) is 15.5. The topological polar surface area (TPSA) is 78.0 Å². The lowest BCUT2D eigenvalue weighted by atomic mass is 10.0. The van der Waals surface area contributed by atoms with Crippen molar-refractivity contribution in [3.05, 3.63) is 65.7 Å². The van der Waals surface area contributed by atoms with E-state index in [0.717, 1.165) is 5.56 Å². The largest absolute Gasteiger partial charge is 0.338 e. The average molecular weight is 488 g/mol. The van der Waals surface area contributed by atoms with Gasteiger partial charge in [-0.2, -0.15) is 4.31 Å². The number of hydrogen-bond donors (Lipinski definition) is 0. The molecular weight excluding hydrogens is 458 g/mol. The van der Waals surface area contributed by atoms with E-state index >= 15 is 0 Å². The molecule has 0 N–H and O–H groups in total. The number of carbonyl (C=O) groups is 2. The molecule has 0 unspecified atom stereocenters. The lowest BCUT2D eigenvalue weighted by molar-refractivity contribution is -0.136. The molecule has 7 nitrogen and oxygen atoms in total. The van der Waals surface area contributed by atoms with E-state index in [4.69, 9.17) is 0 Å². The van der Waals surface area contributed by atoms with Gasteiger partial charge >= 0.3 is 0 Å². The maximum absolute atomic E-state index is 13.2. The summed E-state index contributed by atoms with van der Waals surface area (Å²) in [6.45, 7) is 5.25. The molecule has 176 valence electrons. The Hall–Kier alpha value is -2.36. The summed E-state index contributed by atoms with van der Waals surface area (Å²) in [5.74, 6) is 1.11. The molecule has 4 rings (SSSR count). The number of sulfonamides is 1. The zero-order chi connectivity index (χ0) is 23.6. The molecule has 2 amide bonds. The van der Waals surface area contributed by atoms with Crippen LogP contribution in [0.2, 0.25) is 0 Å². The van der Waals surface area contributed by atoms with Gasteiger partial charge in [-0.05, 0) is 35.7 Å². The molecule has 0 spiro atoms. The zero-order valence-electron chi connectivity index (χ0n) is 18.9. The van der Waals surface area contributed by atoms with Gasteiger partial charge in [0.25, 0.3) is 5.91 Å². The van der Waals surface area contributed by atoms with E-state index in [9.17, 15) is 18.0 Å². The molecule has 2 saturated heterocycles. The van der Waals surface area contributed by atoms with E-state index in [0.29, 0.717) is 36.2 Å². The van der Waals surface area contributed by atoms with Crippen LogP contribution in [-0.4, -0.2) is 78.2 Å².